The number of sulfonamides is 1. The average Bonchev–Trinajstić information content (AvgIpc) is 2.89. The van der Waals surface area contributed by atoms with Crippen molar-refractivity contribution < 1.29 is 17.9 Å². The molecule has 0 aromatic heterocycles. The highest BCUT2D eigenvalue weighted by atomic mass is 32.2. The third-order valence-electron chi connectivity index (χ3n) is 4.34. The topological polar surface area (TPSA) is 75.7 Å². The summed E-state index contributed by atoms with van der Waals surface area (Å²) in [5.74, 6) is -0.256. The molecule has 7 heteroatoms. The van der Waals surface area contributed by atoms with E-state index in [0.29, 0.717) is 31.8 Å². The van der Waals surface area contributed by atoms with Gasteiger partial charge in [0, 0.05) is 25.4 Å². The van der Waals surface area contributed by atoms with Crippen LogP contribution in [-0.2, 0) is 19.6 Å². The van der Waals surface area contributed by atoms with E-state index in [1.165, 1.54) is 6.07 Å². The van der Waals surface area contributed by atoms with Crippen LogP contribution in [0.2, 0.25) is 0 Å². The predicted octanol–water partition coefficient (Wildman–Crippen LogP) is 3.00. The molecule has 1 aromatic rings. The molecule has 0 bridgehead atoms. The fourth-order valence-corrected chi connectivity index (χ4v) is 4.53. The number of nitrogens with zero attached hydrogens (tertiary/aromatic N) is 1. The molecular formula is C18H28N2O4S. The van der Waals surface area contributed by atoms with Crippen LogP contribution in [-0.4, -0.2) is 44.4 Å². The van der Waals surface area contributed by atoms with Crippen LogP contribution in [0.3, 0.4) is 0 Å². The van der Waals surface area contributed by atoms with Crippen molar-refractivity contribution in [2.45, 2.75) is 57.0 Å². The second-order valence-electron chi connectivity index (χ2n) is 6.19. The van der Waals surface area contributed by atoms with Crippen molar-refractivity contribution in [1.82, 2.24) is 4.31 Å². The Labute approximate surface area is 150 Å². The Bertz CT molecular complexity index is 667. The van der Waals surface area contributed by atoms with E-state index in [2.05, 4.69) is 5.32 Å². The van der Waals surface area contributed by atoms with Gasteiger partial charge < -0.3 is 10.1 Å². The monoisotopic (exact) mass is 368 g/mol. The fraction of sp³-hybridized carbons (Fsp3) is 0.611. The molecule has 0 radical (unpaired) electrons. The van der Waals surface area contributed by atoms with E-state index in [0.717, 1.165) is 25.7 Å². The number of hydrogen-bond acceptors (Lipinski definition) is 4. The minimum absolute atomic E-state index is 0.219. The summed E-state index contributed by atoms with van der Waals surface area (Å²) in [5, 5.41) is 2.76. The minimum Gasteiger partial charge on any atom is -0.369 e. The standard InChI is InChI=1S/C18H28N2O4S/c1-3-17(24-4-2)18(21)19-15-10-9-11-16(14-15)25(22,23)20-12-7-5-6-8-13-20/h9-11,14,17H,3-8,12-13H2,1-2H3,(H,19,21). The highest BCUT2D eigenvalue weighted by Gasteiger charge is 2.25. The molecule has 0 spiro atoms. The van der Waals surface area contributed by atoms with Crippen molar-refractivity contribution in [3.63, 3.8) is 0 Å². The summed E-state index contributed by atoms with van der Waals surface area (Å²) < 4.78 is 32.7. The summed E-state index contributed by atoms with van der Waals surface area (Å²) in [7, 11) is -3.53. The van der Waals surface area contributed by atoms with E-state index in [1.807, 2.05) is 13.8 Å². The zero-order valence-corrected chi connectivity index (χ0v) is 15.8. The van der Waals surface area contributed by atoms with E-state index in [9.17, 15) is 13.2 Å². The van der Waals surface area contributed by atoms with Crippen LogP contribution >= 0.6 is 0 Å². The lowest BCUT2D eigenvalue weighted by atomic mass is 10.2. The van der Waals surface area contributed by atoms with Gasteiger partial charge in [0.25, 0.3) is 5.91 Å². The zero-order chi connectivity index (χ0) is 18.3. The van der Waals surface area contributed by atoms with Crippen molar-refractivity contribution in [1.29, 1.82) is 0 Å². The lowest BCUT2D eigenvalue weighted by Gasteiger charge is -2.20. The number of anilines is 1. The first-order valence-electron chi connectivity index (χ1n) is 9.01. The molecule has 1 heterocycles. The number of hydrogen-bond donors (Lipinski definition) is 1. The van der Waals surface area contributed by atoms with Crippen molar-refractivity contribution in [3.05, 3.63) is 24.3 Å². The van der Waals surface area contributed by atoms with Gasteiger partial charge in [-0.15, -0.1) is 0 Å². The molecule has 0 saturated carbocycles. The number of rotatable bonds is 7. The second-order valence-corrected chi connectivity index (χ2v) is 8.13. The molecule has 1 amide bonds. The summed E-state index contributed by atoms with van der Waals surface area (Å²) in [6.45, 7) is 5.28. The zero-order valence-electron chi connectivity index (χ0n) is 15.0. The van der Waals surface area contributed by atoms with Gasteiger partial charge in [-0.05, 0) is 44.4 Å². The van der Waals surface area contributed by atoms with Gasteiger partial charge in [0.05, 0.1) is 4.90 Å². The fourth-order valence-electron chi connectivity index (χ4n) is 2.97. The number of benzene rings is 1. The smallest absolute Gasteiger partial charge is 0.253 e. The number of ether oxygens (including phenoxy) is 1. The van der Waals surface area contributed by atoms with Crippen LogP contribution < -0.4 is 5.32 Å². The Morgan fingerprint density at radius 1 is 1.20 bits per heavy atom. The Balaban J connectivity index is 2.15. The van der Waals surface area contributed by atoms with Crippen LogP contribution in [0, 0.1) is 0 Å². The highest BCUT2D eigenvalue weighted by molar-refractivity contribution is 7.89. The van der Waals surface area contributed by atoms with Crippen molar-refractivity contribution >= 4 is 21.6 Å². The van der Waals surface area contributed by atoms with E-state index in [4.69, 9.17) is 4.74 Å². The van der Waals surface area contributed by atoms with Gasteiger partial charge in [-0.25, -0.2) is 8.42 Å². The van der Waals surface area contributed by atoms with Gasteiger partial charge in [-0.3, -0.25) is 4.79 Å². The molecule has 1 unspecified atom stereocenters. The maximum Gasteiger partial charge on any atom is 0.253 e. The Hall–Kier alpha value is -1.44. The summed E-state index contributed by atoms with van der Waals surface area (Å²) in [5.41, 5.74) is 0.471. The quantitative estimate of drug-likeness (QED) is 0.803. The van der Waals surface area contributed by atoms with E-state index in [1.54, 1.807) is 22.5 Å². The molecule has 6 nitrogen and oxygen atoms in total. The van der Waals surface area contributed by atoms with Gasteiger partial charge in [0.2, 0.25) is 10.0 Å². The van der Waals surface area contributed by atoms with E-state index in [-0.39, 0.29) is 10.8 Å². The van der Waals surface area contributed by atoms with Gasteiger partial charge in [-0.2, -0.15) is 4.31 Å². The molecule has 1 saturated heterocycles. The van der Waals surface area contributed by atoms with Crippen molar-refractivity contribution in [3.8, 4) is 0 Å². The first-order chi connectivity index (χ1) is 12.0. The molecule has 0 aliphatic carbocycles. The van der Waals surface area contributed by atoms with Crippen LogP contribution in [0.5, 0.6) is 0 Å². The number of carbonyl (C=O) groups excluding carboxylic acids is 1. The third kappa shape index (κ3) is 5.26. The molecule has 1 atom stereocenters. The van der Waals surface area contributed by atoms with Gasteiger partial charge >= 0.3 is 0 Å². The van der Waals surface area contributed by atoms with Gasteiger partial charge in [0.15, 0.2) is 0 Å². The first-order valence-corrected chi connectivity index (χ1v) is 10.5. The summed E-state index contributed by atoms with van der Waals surface area (Å²) in [6.07, 6.45) is 3.95. The summed E-state index contributed by atoms with van der Waals surface area (Å²) >= 11 is 0. The number of carbonyl (C=O) groups is 1. The molecule has 140 valence electrons. The Kier molecular flexibility index (Phi) is 7.40. The third-order valence-corrected chi connectivity index (χ3v) is 6.23. The summed E-state index contributed by atoms with van der Waals surface area (Å²) in [6, 6.07) is 6.45. The van der Waals surface area contributed by atoms with Crippen molar-refractivity contribution in [2.75, 3.05) is 25.0 Å². The van der Waals surface area contributed by atoms with Crippen LogP contribution in [0.15, 0.2) is 29.2 Å². The predicted molar refractivity (Wildman–Crippen MR) is 98.0 cm³/mol. The lowest BCUT2D eigenvalue weighted by Crippen LogP contribution is -2.32. The molecule has 1 aromatic carbocycles. The molecule has 25 heavy (non-hydrogen) atoms. The largest absolute Gasteiger partial charge is 0.369 e. The van der Waals surface area contributed by atoms with Crippen LogP contribution in [0.1, 0.15) is 46.0 Å². The molecule has 2 rings (SSSR count). The summed E-state index contributed by atoms with van der Waals surface area (Å²) in [4.78, 5) is 12.5. The van der Waals surface area contributed by atoms with E-state index < -0.39 is 16.1 Å². The molecule has 1 aliphatic rings. The second kappa shape index (κ2) is 9.31. The minimum atomic E-state index is -3.53. The van der Waals surface area contributed by atoms with Crippen LogP contribution in [0.25, 0.3) is 0 Å². The highest BCUT2D eigenvalue weighted by Crippen LogP contribution is 2.23. The molecule has 1 fully saturated rings. The maximum absolute atomic E-state index is 12.9. The van der Waals surface area contributed by atoms with E-state index >= 15 is 0 Å². The number of nitrogens with one attached hydrogen (secondary N) is 1. The van der Waals surface area contributed by atoms with Gasteiger partial charge in [0.1, 0.15) is 6.10 Å². The normalized spacial score (nSPS) is 17.7. The van der Waals surface area contributed by atoms with Gasteiger partial charge in [-0.1, -0.05) is 25.8 Å². The number of amides is 1. The Morgan fingerprint density at radius 3 is 2.48 bits per heavy atom. The SMILES string of the molecule is CCOC(CC)C(=O)Nc1cccc(S(=O)(=O)N2CCCCCC2)c1. The Morgan fingerprint density at radius 2 is 1.88 bits per heavy atom. The van der Waals surface area contributed by atoms with Crippen molar-refractivity contribution in [2.24, 2.45) is 0 Å². The lowest BCUT2D eigenvalue weighted by molar-refractivity contribution is -0.127. The first kappa shape index (κ1) is 19.9. The average molecular weight is 368 g/mol. The molecule has 1 N–H and O–H groups in total. The molecule has 1 aliphatic heterocycles. The maximum atomic E-state index is 12.9. The van der Waals surface area contributed by atoms with Crippen LogP contribution in [0.4, 0.5) is 5.69 Å². The molecular weight excluding hydrogens is 340 g/mol.